The number of aromatic nitrogens is 1. The van der Waals surface area contributed by atoms with Crippen molar-refractivity contribution in [2.75, 3.05) is 0 Å². The van der Waals surface area contributed by atoms with E-state index in [0.717, 1.165) is 11.1 Å². The number of ketones is 1. The van der Waals surface area contributed by atoms with Gasteiger partial charge in [0.25, 0.3) is 5.91 Å². The van der Waals surface area contributed by atoms with E-state index in [9.17, 15) is 9.59 Å². The largest absolute Gasteiger partial charge is 0.305 e. The molecule has 1 aromatic heterocycles. The Labute approximate surface area is 151 Å². The second-order valence-electron chi connectivity index (χ2n) is 5.48. The zero-order valence-corrected chi connectivity index (χ0v) is 13.9. The van der Waals surface area contributed by atoms with E-state index in [2.05, 4.69) is 15.8 Å². The van der Waals surface area contributed by atoms with E-state index in [1.54, 1.807) is 24.3 Å². The van der Waals surface area contributed by atoms with E-state index in [-0.39, 0.29) is 11.7 Å². The van der Waals surface area contributed by atoms with Gasteiger partial charge >= 0.3 is 0 Å². The fourth-order valence-corrected chi connectivity index (χ4v) is 2.35. The summed E-state index contributed by atoms with van der Waals surface area (Å²) >= 11 is 0. The fourth-order valence-electron chi connectivity index (χ4n) is 2.35. The summed E-state index contributed by atoms with van der Waals surface area (Å²) in [4.78, 5) is 27.8. The summed E-state index contributed by atoms with van der Waals surface area (Å²) in [7, 11) is 0. The van der Waals surface area contributed by atoms with Crippen LogP contribution in [0.4, 0.5) is 0 Å². The summed E-state index contributed by atoms with van der Waals surface area (Å²) in [6.07, 6.45) is 5.83. The number of allylic oxidation sites excluding steroid dienone is 1. The Bertz CT molecular complexity index is 905. The number of hydrogen-bond acceptors (Lipinski definition) is 4. The van der Waals surface area contributed by atoms with Crippen LogP contribution in [0, 0.1) is 0 Å². The van der Waals surface area contributed by atoms with Gasteiger partial charge in [0.05, 0.1) is 0 Å². The zero-order chi connectivity index (χ0) is 18.2. The minimum absolute atomic E-state index is 0.157. The van der Waals surface area contributed by atoms with E-state index >= 15 is 0 Å². The third-order valence-electron chi connectivity index (χ3n) is 3.72. The smallest absolute Gasteiger partial charge is 0.269 e. The molecule has 0 spiro atoms. The molecule has 0 aliphatic rings. The average molecular weight is 343 g/mol. The van der Waals surface area contributed by atoms with Gasteiger partial charge in [-0.15, -0.1) is 0 Å². The maximum absolute atomic E-state index is 12.2. The van der Waals surface area contributed by atoms with Crippen molar-refractivity contribution in [1.29, 1.82) is 0 Å². The van der Waals surface area contributed by atoms with Gasteiger partial charge < -0.3 is 5.43 Å². The lowest BCUT2D eigenvalue weighted by atomic mass is 10.0. The fraction of sp³-hybridized carbons (Fsp3) is 0. The van der Waals surface area contributed by atoms with Crippen LogP contribution >= 0.6 is 0 Å². The number of carbonyl (C=O) groups is 2. The van der Waals surface area contributed by atoms with Gasteiger partial charge in [-0.05, 0) is 23.3 Å². The van der Waals surface area contributed by atoms with E-state index in [1.807, 2.05) is 42.5 Å². The number of amides is 1. The highest BCUT2D eigenvalue weighted by Gasteiger charge is 2.04. The summed E-state index contributed by atoms with van der Waals surface area (Å²) in [5.41, 5.74) is 8.28. The highest BCUT2D eigenvalue weighted by Crippen LogP contribution is 2.19. The molecular formula is C21H17N3O2. The van der Waals surface area contributed by atoms with Crippen molar-refractivity contribution in [3.63, 3.8) is 0 Å². The standard InChI is InChI=1S/C21H17N3O2/c25-20(12-15-23-24-21(26)19-10-13-22-14-11-19)18-8-6-17(7-9-18)16-4-2-1-3-5-16/h1-15,23H,(H,24,26)/b15-12+. The van der Waals surface area contributed by atoms with Crippen molar-refractivity contribution in [2.45, 2.75) is 0 Å². The third-order valence-corrected chi connectivity index (χ3v) is 3.72. The van der Waals surface area contributed by atoms with Crippen LogP contribution in [-0.4, -0.2) is 16.7 Å². The molecule has 1 heterocycles. The molecule has 0 bridgehead atoms. The molecule has 0 unspecified atom stereocenters. The maximum atomic E-state index is 12.2. The van der Waals surface area contributed by atoms with E-state index in [0.29, 0.717) is 11.1 Å². The minimum Gasteiger partial charge on any atom is -0.305 e. The molecule has 5 heteroatoms. The second kappa shape index (κ2) is 8.39. The molecule has 0 aliphatic heterocycles. The molecule has 1 amide bonds. The molecule has 0 atom stereocenters. The van der Waals surface area contributed by atoms with Crippen LogP contribution in [0.5, 0.6) is 0 Å². The molecule has 3 aromatic rings. The quantitative estimate of drug-likeness (QED) is 0.409. The van der Waals surface area contributed by atoms with Gasteiger partial charge in [-0.25, -0.2) is 0 Å². The molecule has 128 valence electrons. The number of pyridine rings is 1. The highest BCUT2D eigenvalue weighted by atomic mass is 16.2. The summed E-state index contributed by atoms with van der Waals surface area (Å²) in [6, 6.07) is 20.5. The molecule has 0 radical (unpaired) electrons. The molecule has 2 N–H and O–H groups in total. The first-order valence-corrected chi connectivity index (χ1v) is 8.06. The molecule has 26 heavy (non-hydrogen) atoms. The predicted molar refractivity (Wildman–Crippen MR) is 100 cm³/mol. The van der Waals surface area contributed by atoms with Crippen molar-refractivity contribution < 1.29 is 9.59 Å². The monoisotopic (exact) mass is 343 g/mol. The number of hydrazine groups is 1. The number of hydrogen-bond donors (Lipinski definition) is 2. The summed E-state index contributed by atoms with van der Waals surface area (Å²) < 4.78 is 0. The number of nitrogens with zero attached hydrogens (tertiary/aromatic N) is 1. The van der Waals surface area contributed by atoms with Gasteiger partial charge in [-0.1, -0.05) is 54.6 Å². The lowest BCUT2D eigenvalue weighted by molar-refractivity contribution is 0.0939. The molecular weight excluding hydrogens is 326 g/mol. The van der Waals surface area contributed by atoms with Crippen molar-refractivity contribution in [3.8, 4) is 11.1 Å². The molecule has 0 saturated carbocycles. The summed E-state index contributed by atoms with van der Waals surface area (Å²) in [5.74, 6) is -0.466. The third kappa shape index (κ3) is 4.42. The van der Waals surface area contributed by atoms with Crippen LogP contribution < -0.4 is 10.9 Å². The van der Waals surface area contributed by atoms with Crippen LogP contribution in [0.3, 0.4) is 0 Å². The van der Waals surface area contributed by atoms with E-state index < -0.39 is 0 Å². The average Bonchev–Trinajstić information content (AvgIpc) is 2.72. The molecule has 2 aromatic carbocycles. The molecule has 3 rings (SSSR count). The Kier molecular flexibility index (Phi) is 5.52. The van der Waals surface area contributed by atoms with Crippen LogP contribution in [-0.2, 0) is 0 Å². The Morgan fingerprint density at radius 1 is 0.769 bits per heavy atom. The Balaban J connectivity index is 1.54. The molecule has 0 saturated heterocycles. The minimum atomic E-state index is -0.309. The summed E-state index contributed by atoms with van der Waals surface area (Å²) in [5, 5.41) is 0. The number of rotatable bonds is 6. The van der Waals surface area contributed by atoms with Crippen molar-refractivity contribution in [3.05, 3.63) is 103 Å². The topological polar surface area (TPSA) is 71.1 Å². The lowest BCUT2D eigenvalue weighted by Gasteiger charge is -2.04. The Morgan fingerprint density at radius 3 is 2.12 bits per heavy atom. The molecule has 0 aliphatic carbocycles. The van der Waals surface area contributed by atoms with Gasteiger partial charge in [0, 0.05) is 35.8 Å². The van der Waals surface area contributed by atoms with Crippen LogP contribution in [0.2, 0.25) is 0 Å². The van der Waals surface area contributed by atoms with Gasteiger partial charge in [-0.2, -0.15) is 0 Å². The van der Waals surface area contributed by atoms with Crippen molar-refractivity contribution in [2.24, 2.45) is 0 Å². The first kappa shape index (κ1) is 17.1. The summed E-state index contributed by atoms with van der Waals surface area (Å²) in [6.45, 7) is 0. The Morgan fingerprint density at radius 2 is 1.42 bits per heavy atom. The van der Waals surface area contributed by atoms with Crippen LogP contribution in [0.15, 0.2) is 91.4 Å². The van der Waals surface area contributed by atoms with Gasteiger partial charge in [0.15, 0.2) is 5.78 Å². The first-order chi connectivity index (χ1) is 12.7. The van der Waals surface area contributed by atoms with Crippen LogP contribution in [0.25, 0.3) is 11.1 Å². The van der Waals surface area contributed by atoms with Gasteiger partial charge in [0.1, 0.15) is 0 Å². The normalized spacial score (nSPS) is 10.5. The maximum Gasteiger partial charge on any atom is 0.269 e. The lowest BCUT2D eigenvalue weighted by Crippen LogP contribution is -2.33. The van der Waals surface area contributed by atoms with Crippen molar-refractivity contribution in [1.82, 2.24) is 15.8 Å². The number of nitrogens with one attached hydrogen (secondary N) is 2. The molecule has 5 nitrogen and oxygen atoms in total. The van der Waals surface area contributed by atoms with Crippen molar-refractivity contribution >= 4 is 11.7 Å². The van der Waals surface area contributed by atoms with Gasteiger partial charge in [-0.3, -0.25) is 20.0 Å². The van der Waals surface area contributed by atoms with E-state index in [4.69, 9.17) is 0 Å². The van der Waals surface area contributed by atoms with Gasteiger partial charge in [0.2, 0.25) is 0 Å². The zero-order valence-electron chi connectivity index (χ0n) is 13.9. The van der Waals surface area contributed by atoms with Crippen LogP contribution in [0.1, 0.15) is 20.7 Å². The predicted octanol–water partition coefficient (Wildman–Crippen LogP) is 3.38. The SMILES string of the molecule is O=C(/C=C/NNC(=O)c1ccncc1)c1ccc(-c2ccccc2)cc1. The Hall–Kier alpha value is -3.73. The highest BCUT2D eigenvalue weighted by molar-refractivity contribution is 6.04. The number of benzene rings is 2. The first-order valence-electron chi connectivity index (χ1n) is 8.06. The number of carbonyl (C=O) groups excluding carboxylic acids is 2. The molecule has 0 fully saturated rings. The van der Waals surface area contributed by atoms with E-state index in [1.165, 1.54) is 24.7 Å². The second-order valence-corrected chi connectivity index (χ2v) is 5.48.